The van der Waals surface area contributed by atoms with E-state index in [4.69, 9.17) is 5.73 Å². The van der Waals surface area contributed by atoms with E-state index in [-0.39, 0.29) is 5.75 Å². The minimum absolute atomic E-state index is 0.348. The van der Waals surface area contributed by atoms with Crippen molar-refractivity contribution in [1.29, 1.82) is 0 Å². The lowest BCUT2D eigenvalue weighted by atomic mass is 10.1. The number of amidine groups is 1. The van der Waals surface area contributed by atoms with Crippen molar-refractivity contribution < 1.29 is 22.0 Å². The summed E-state index contributed by atoms with van der Waals surface area (Å²) in [5, 5.41) is 0. The quantitative estimate of drug-likeness (QED) is 0.377. The number of aryl methyl sites for hydroxylation is 2. The number of rotatable bonds is 5. The summed E-state index contributed by atoms with van der Waals surface area (Å²) in [5.41, 5.74) is 6.57. The van der Waals surface area contributed by atoms with Gasteiger partial charge in [0.15, 0.2) is 0 Å². The molecule has 3 nitrogen and oxygen atoms in total. The Labute approximate surface area is 128 Å². The molecular formula is C13H14F5N3S. The maximum atomic E-state index is 12.2. The van der Waals surface area contributed by atoms with Crippen molar-refractivity contribution >= 4 is 29.6 Å². The number of thioether (sulfide) groups is 1. The molecule has 0 heterocycles. The Morgan fingerprint density at radius 2 is 1.91 bits per heavy atom. The van der Waals surface area contributed by atoms with Crippen LogP contribution in [0.4, 0.5) is 27.6 Å². The van der Waals surface area contributed by atoms with Crippen molar-refractivity contribution in [3.63, 3.8) is 0 Å². The fraction of sp³-hybridized carbons (Fsp3) is 0.385. The highest BCUT2D eigenvalue weighted by Gasteiger charge is 2.33. The standard InChI is InChI=1S/C13H14F5N3S/c1-7-3-8(2)10(22-5-11(14)15)4-9(7)20-6-21-12(19)13(16,17)18/h3-4,6,11H,5H2,1-2H3,(H2,19,20,21). The second kappa shape index (κ2) is 7.57. The van der Waals surface area contributed by atoms with Crippen LogP contribution in [-0.4, -0.2) is 30.5 Å². The molecule has 0 saturated carbocycles. The smallest absolute Gasteiger partial charge is 0.380 e. The third kappa shape index (κ3) is 5.63. The van der Waals surface area contributed by atoms with Crippen LogP contribution in [0, 0.1) is 13.8 Å². The van der Waals surface area contributed by atoms with E-state index in [9.17, 15) is 22.0 Å². The molecule has 0 amide bonds. The van der Waals surface area contributed by atoms with E-state index in [1.54, 1.807) is 19.9 Å². The summed E-state index contributed by atoms with van der Waals surface area (Å²) in [6.07, 6.45) is -6.47. The van der Waals surface area contributed by atoms with Crippen molar-refractivity contribution in [2.24, 2.45) is 15.7 Å². The highest BCUT2D eigenvalue weighted by molar-refractivity contribution is 7.99. The zero-order chi connectivity index (χ0) is 16.9. The molecule has 0 fully saturated rings. The number of aliphatic imine (C=N–C) groups is 2. The summed E-state index contributed by atoms with van der Waals surface area (Å²) in [6, 6.07) is 3.25. The van der Waals surface area contributed by atoms with Crippen molar-refractivity contribution in [3.8, 4) is 0 Å². The minimum atomic E-state index is -4.72. The van der Waals surface area contributed by atoms with Gasteiger partial charge in [-0.2, -0.15) is 13.2 Å². The molecule has 0 bridgehead atoms. The number of nitrogens with two attached hydrogens (primary N) is 1. The van der Waals surface area contributed by atoms with Gasteiger partial charge >= 0.3 is 6.18 Å². The Balaban J connectivity index is 2.97. The molecule has 1 aromatic rings. The van der Waals surface area contributed by atoms with E-state index in [1.165, 1.54) is 6.07 Å². The summed E-state index contributed by atoms with van der Waals surface area (Å²) in [4.78, 5) is 7.39. The summed E-state index contributed by atoms with van der Waals surface area (Å²) < 4.78 is 61.0. The molecule has 1 aromatic carbocycles. The molecule has 0 aliphatic rings. The second-order valence-corrected chi connectivity index (χ2v) is 5.42. The second-order valence-electron chi connectivity index (χ2n) is 4.36. The van der Waals surface area contributed by atoms with Crippen LogP contribution in [0.1, 0.15) is 11.1 Å². The number of hydrogen-bond acceptors (Lipinski definition) is 2. The minimum Gasteiger partial charge on any atom is -0.380 e. The Hall–Kier alpha value is -1.64. The molecule has 0 spiro atoms. The average molecular weight is 339 g/mol. The van der Waals surface area contributed by atoms with Gasteiger partial charge in [-0.15, -0.1) is 11.8 Å². The predicted molar refractivity (Wildman–Crippen MR) is 78.5 cm³/mol. The van der Waals surface area contributed by atoms with E-state index in [0.29, 0.717) is 22.5 Å². The van der Waals surface area contributed by atoms with Crippen LogP contribution < -0.4 is 5.73 Å². The van der Waals surface area contributed by atoms with Crippen molar-refractivity contribution in [1.82, 2.24) is 0 Å². The third-order valence-electron chi connectivity index (χ3n) is 2.54. The third-order valence-corrected chi connectivity index (χ3v) is 3.71. The summed E-state index contributed by atoms with van der Waals surface area (Å²) in [5.74, 6) is -1.88. The summed E-state index contributed by atoms with van der Waals surface area (Å²) in [7, 11) is 0. The number of hydrogen-bond donors (Lipinski definition) is 1. The van der Waals surface area contributed by atoms with E-state index >= 15 is 0 Å². The molecule has 2 N–H and O–H groups in total. The van der Waals surface area contributed by atoms with E-state index in [2.05, 4.69) is 9.98 Å². The monoisotopic (exact) mass is 339 g/mol. The van der Waals surface area contributed by atoms with Crippen molar-refractivity contribution in [2.45, 2.75) is 31.3 Å². The number of nitrogens with zero attached hydrogens (tertiary/aromatic N) is 2. The van der Waals surface area contributed by atoms with Gasteiger partial charge in [0.05, 0.1) is 11.4 Å². The SMILES string of the molecule is Cc1cc(C)c(SCC(F)F)cc1N=CN=C(N)C(F)(F)F. The van der Waals surface area contributed by atoms with Crippen LogP contribution in [0.15, 0.2) is 27.0 Å². The maximum absolute atomic E-state index is 12.2. The molecular weight excluding hydrogens is 325 g/mol. The molecule has 1 rings (SSSR count). The van der Waals surface area contributed by atoms with Crippen LogP contribution in [0.5, 0.6) is 0 Å². The molecule has 0 saturated heterocycles. The summed E-state index contributed by atoms with van der Waals surface area (Å²) in [6.45, 7) is 3.46. The normalized spacial score (nSPS) is 13.4. The first-order chi connectivity index (χ1) is 10.1. The molecule has 0 radical (unpaired) electrons. The number of alkyl halides is 5. The van der Waals surface area contributed by atoms with E-state index < -0.39 is 18.4 Å². The molecule has 9 heteroatoms. The highest BCUT2D eigenvalue weighted by Crippen LogP contribution is 2.31. The molecule has 0 atom stereocenters. The van der Waals surface area contributed by atoms with Crippen LogP contribution in [0.2, 0.25) is 0 Å². The average Bonchev–Trinajstić information content (AvgIpc) is 2.38. The van der Waals surface area contributed by atoms with Gasteiger partial charge in [0, 0.05) is 4.90 Å². The van der Waals surface area contributed by atoms with Gasteiger partial charge in [0.25, 0.3) is 0 Å². The van der Waals surface area contributed by atoms with Gasteiger partial charge < -0.3 is 5.73 Å². The first kappa shape index (κ1) is 18.4. The molecule has 0 aromatic heterocycles. The predicted octanol–water partition coefficient (Wildman–Crippen LogP) is 4.24. The molecule has 0 unspecified atom stereocenters. The van der Waals surface area contributed by atoms with Gasteiger partial charge in [-0.25, -0.2) is 18.8 Å². The Morgan fingerprint density at radius 3 is 2.45 bits per heavy atom. The molecule has 0 aliphatic heterocycles. The first-order valence-corrected chi connectivity index (χ1v) is 7.05. The first-order valence-electron chi connectivity index (χ1n) is 6.06. The topological polar surface area (TPSA) is 50.7 Å². The van der Waals surface area contributed by atoms with Crippen LogP contribution in [-0.2, 0) is 0 Å². The van der Waals surface area contributed by atoms with Gasteiger partial charge in [0.1, 0.15) is 6.34 Å². The van der Waals surface area contributed by atoms with Crippen LogP contribution in [0.3, 0.4) is 0 Å². The lowest BCUT2D eigenvalue weighted by molar-refractivity contribution is -0.0596. The zero-order valence-corrected chi connectivity index (χ0v) is 12.6. The molecule has 0 aliphatic carbocycles. The van der Waals surface area contributed by atoms with E-state index in [1.807, 2.05) is 0 Å². The van der Waals surface area contributed by atoms with Crippen molar-refractivity contribution in [2.75, 3.05) is 5.75 Å². The fourth-order valence-corrected chi connectivity index (χ4v) is 2.28. The Kier molecular flexibility index (Phi) is 6.34. The van der Waals surface area contributed by atoms with Gasteiger partial charge in [-0.1, -0.05) is 6.07 Å². The number of halogens is 5. The van der Waals surface area contributed by atoms with Crippen LogP contribution in [0.25, 0.3) is 0 Å². The van der Waals surface area contributed by atoms with Crippen LogP contribution >= 0.6 is 11.8 Å². The maximum Gasteiger partial charge on any atom is 0.449 e. The fourth-order valence-electron chi connectivity index (χ4n) is 1.50. The van der Waals surface area contributed by atoms with Gasteiger partial charge in [-0.05, 0) is 31.0 Å². The molecule has 122 valence electrons. The Morgan fingerprint density at radius 1 is 1.27 bits per heavy atom. The highest BCUT2D eigenvalue weighted by atomic mass is 32.2. The van der Waals surface area contributed by atoms with E-state index in [0.717, 1.165) is 17.3 Å². The lowest BCUT2D eigenvalue weighted by Gasteiger charge is -2.09. The van der Waals surface area contributed by atoms with Gasteiger partial charge in [-0.3, -0.25) is 0 Å². The summed E-state index contributed by atoms with van der Waals surface area (Å²) >= 11 is 0.958. The Bertz CT molecular complexity index is 582. The zero-order valence-electron chi connectivity index (χ0n) is 11.8. The molecule has 22 heavy (non-hydrogen) atoms. The van der Waals surface area contributed by atoms with Crippen molar-refractivity contribution in [3.05, 3.63) is 23.3 Å². The number of benzene rings is 1. The lowest BCUT2D eigenvalue weighted by Crippen LogP contribution is -2.31. The van der Waals surface area contributed by atoms with Gasteiger partial charge in [0.2, 0.25) is 12.3 Å². The largest absolute Gasteiger partial charge is 0.449 e.